The molecule has 0 nitrogen and oxygen atoms in total. The van der Waals surface area contributed by atoms with Crippen LogP contribution in [0.1, 0.15) is 0 Å². The lowest BCUT2D eigenvalue weighted by Gasteiger charge is -1.96. The van der Waals surface area contributed by atoms with Crippen LogP contribution in [0, 0.1) is 0 Å². The second-order valence-electron chi connectivity index (χ2n) is 1.83. The van der Waals surface area contributed by atoms with Crippen molar-refractivity contribution in [1.29, 1.82) is 0 Å². The third kappa shape index (κ3) is 2.05. The Kier molecular flexibility index (Phi) is 3.33. The molecule has 44 valence electrons. The highest BCUT2D eigenvalue weighted by Crippen LogP contribution is 1.76. The fourth-order valence-electron chi connectivity index (χ4n) is 0.637. The molecule has 0 N–H and O–H groups in total. The highest BCUT2D eigenvalue weighted by Gasteiger charge is 1.89. The van der Waals surface area contributed by atoms with E-state index in [1.165, 1.54) is 10.4 Å². The van der Waals surface area contributed by atoms with Crippen LogP contribution < -0.4 is 10.4 Å². The average Bonchev–Trinajstić information content (AvgIpc) is 2.05. The van der Waals surface area contributed by atoms with Crippen LogP contribution >= 0.6 is 0 Å². The first-order valence-electron chi connectivity index (χ1n) is 2.82. The van der Waals surface area contributed by atoms with Gasteiger partial charge in [-0.1, -0.05) is 34.6 Å². The molecule has 0 spiro atoms. The molecule has 0 atom stereocenters. The molecule has 0 aromatic heterocycles. The van der Waals surface area contributed by atoms with Crippen molar-refractivity contribution in [3.8, 4) is 0 Å². The van der Waals surface area contributed by atoms with Crippen molar-refractivity contribution in [3.05, 3.63) is 24.3 Å². The van der Waals surface area contributed by atoms with Crippen LogP contribution in [-0.2, 0) is 0 Å². The summed E-state index contributed by atoms with van der Waals surface area (Å²) in [6.45, 7) is 0. The number of hydrogen-bond donors (Lipinski definition) is 0. The van der Waals surface area contributed by atoms with E-state index in [0.717, 1.165) is 18.1 Å². The molecule has 0 saturated carbocycles. The SMILES string of the molecule is [Si][Si]c1ccc([Si][Si])cc1. The molecule has 1 aromatic carbocycles. The van der Waals surface area contributed by atoms with Crippen molar-refractivity contribution >= 4 is 48.0 Å². The van der Waals surface area contributed by atoms with E-state index in [-0.39, 0.29) is 0 Å². The van der Waals surface area contributed by atoms with Gasteiger partial charge in [0.1, 0.15) is 0 Å². The van der Waals surface area contributed by atoms with Crippen molar-refractivity contribution in [1.82, 2.24) is 0 Å². The third-order valence-corrected chi connectivity index (χ3v) is 4.15. The van der Waals surface area contributed by atoms with Gasteiger partial charge < -0.3 is 0 Å². The molecule has 0 bridgehead atoms. The predicted octanol–water partition coefficient (Wildman–Crippen LogP) is -1.49. The normalized spacial score (nSPS) is 9.80. The molecule has 0 aliphatic carbocycles. The molecule has 10 heavy (non-hydrogen) atoms. The Morgan fingerprint density at radius 1 is 0.800 bits per heavy atom. The Hall–Kier alpha value is 0.0875. The van der Waals surface area contributed by atoms with Crippen LogP contribution in [0.4, 0.5) is 0 Å². The molecule has 0 saturated heterocycles. The summed E-state index contributed by atoms with van der Waals surface area (Å²) in [4.78, 5) is 0. The molecule has 4 heteroatoms. The van der Waals surface area contributed by atoms with Crippen LogP contribution in [0.2, 0.25) is 0 Å². The zero-order chi connectivity index (χ0) is 7.40. The number of hydrogen-bond acceptors (Lipinski definition) is 0. The second-order valence-corrected chi connectivity index (χ2v) is 4.98. The number of rotatable bonds is 2. The van der Waals surface area contributed by atoms with Crippen LogP contribution in [0.15, 0.2) is 24.3 Å². The highest BCUT2D eigenvalue weighted by molar-refractivity contribution is 6.98. The first-order valence-corrected chi connectivity index (χ1v) is 7.82. The minimum Gasteiger partial charge on any atom is -0.0681 e. The van der Waals surface area contributed by atoms with Crippen LogP contribution in [0.3, 0.4) is 0 Å². The average molecular weight is 188 g/mol. The van der Waals surface area contributed by atoms with Gasteiger partial charge in [-0.05, 0) is 0 Å². The van der Waals surface area contributed by atoms with Gasteiger partial charge in [-0.3, -0.25) is 0 Å². The van der Waals surface area contributed by atoms with Crippen molar-refractivity contribution in [2.24, 2.45) is 0 Å². The molecule has 0 aliphatic rings. The summed E-state index contributed by atoms with van der Waals surface area (Å²) in [5.41, 5.74) is 0. The lowest BCUT2D eigenvalue weighted by atomic mass is 10.4. The molecular weight excluding hydrogens is 184 g/mol. The monoisotopic (exact) mass is 188 g/mol. The van der Waals surface area contributed by atoms with E-state index in [1.807, 2.05) is 0 Å². The smallest absolute Gasteiger partial charge is 0.0604 e. The zero-order valence-corrected chi connectivity index (χ0v) is 9.31. The Bertz CT molecular complexity index is 170. The van der Waals surface area contributed by atoms with E-state index in [1.54, 1.807) is 0 Å². The number of benzene rings is 1. The summed E-state index contributed by atoms with van der Waals surface area (Å²) in [5, 5.41) is 2.70. The van der Waals surface area contributed by atoms with Crippen molar-refractivity contribution in [3.63, 3.8) is 0 Å². The summed E-state index contributed by atoms with van der Waals surface area (Å²) in [5.74, 6) is 0. The quantitative estimate of drug-likeness (QED) is 0.496. The third-order valence-electron chi connectivity index (χ3n) is 1.17. The van der Waals surface area contributed by atoms with Crippen LogP contribution in [-0.4, -0.2) is 37.6 Å². The molecule has 0 aliphatic heterocycles. The summed E-state index contributed by atoms with van der Waals surface area (Å²) >= 11 is 0. The lowest BCUT2D eigenvalue weighted by molar-refractivity contribution is 1.84. The highest BCUT2D eigenvalue weighted by atomic mass is 29.1. The van der Waals surface area contributed by atoms with Gasteiger partial charge in [0.2, 0.25) is 0 Å². The van der Waals surface area contributed by atoms with Crippen molar-refractivity contribution < 1.29 is 0 Å². The van der Waals surface area contributed by atoms with Gasteiger partial charge in [0, 0.05) is 19.5 Å². The summed E-state index contributed by atoms with van der Waals surface area (Å²) in [6.07, 6.45) is 0. The maximum atomic E-state index is 3.47. The summed E-state index contributed by atoms with van der Waals surface area (Å²) in [7, 11) is 8.38. The predicted molar refractivity (Wildman–Crippen MR) is 48.7 cm³/mol. The van der Waals surface area contributed by atoms with Gasteiger partial charge in [-0.15, -0.1) is 0 Å². The topological polar surface area (TPSA) is 0 Å². The van der Waals surface area contributed by atoms with Gasteiger partial charge in [-0.25, -0.2) is 0 Å². The molecule has 0 heterocycles. The van der Waals surface area contributed by atoms with E-state index >= 15 is 0 Å². The first-order chi connectivity index (χ1) is 4.86. The second kappa shape index (κ2) is 4.07. The van der Waals surface area contributed by atoms with Gasteiger partial charge >= 0.3 is 0 Å². The molecule has 10 radical (unpaired) electrons. The van der Waals surface area contributed by atoms with Gasteiger partial charge in [-0.2, -0.15) is 0 Å². The van der Waals surface area contributed by atoms with Crippen LogP contribution in [0.25, 0.3) is 0 Å². The maximum Gasteiger partial charge on any atom is 0.0604 e. The van der Waals surface area contributed by atoms with Crippen molar-refractivity contribution in [2.75, 3.05) is 0 Å². The maximum absolute atomic E-state index is 3.47. The first kappa shape index (κ1) is 8.19. The Morgan fingerprint density at radius 3 is 1.30 bits per heavy atom. The van der Waals surface area contributed by atoms with Gasteiger partial charge in [0.25, 0.3) is 0 Å². The summed E-state index contributed by atoms with van der Waals surface area (Å²) in [6, 6.07) is 8.59. The Balaban J connectivity index is 2.80. The minimum absolute atomic E-state index is 0.721. The van der Waals surface area contributed by atoms with E-state index in [0.29, 0.717) is 0 Å². The zero-order valence-electron chi connectivity index (χ0n) is 5.31. The van der Waals surface area contributed by atoms with Gasteiger partial charge in [0.15, 0.2) is 0 Å². The molecule has 0 fully saturated rings. The molecule has 1 aromatic rings. The van der Waals surface area contributed by atoms with E-state index < -0.39 is 0 Å². The standard InChI is InChI=1S/C6H4Si4/c7-9-5-1-2-6(10-8)4-3-5/h1-4H. The van der Waals surface area contributed by atoms with Gasteiger partial charge in [0.05, 0.1) is 18.1 Å². The molecular formula is C6H4Si4. The largest absolute Gasteiger partial charge is 0.0681 e. The Labute approximate surface area is 72.5 Å². The molecule has 0 amide bonds. The lowest BCUT2D eigenvalue weighted by Crippen LogP contribution is -2.20. The van der Waals surface area contributed by atoms with E-state index in [4.69, 9.17) is 0 Å². The fourth-order valence-corrected chi connectivity index (χ4v) is 2.30. The Morgan fingerprint density at radius 2 is 1.10 bits per heavy atom. The van der Waals surface area contributed by atoms with Crippen molar-refractivity contribution in [2.45, 2.75) is 0 Å². The summed E-state index contributed by atoms with van der Waals surface area (Å²) < 4.78 is 0. The van der Waals surface area contributed by atoms with E-state index in [9.17, 15) is 0 Å². The minimum atomic E-state index is 0.721. The fraction of sp³-hybridized carbons (Fsp3) is 0. The van der Waals surface area contributed by atoms with Crippen LogP contribution in [0.5, 0.6) is 0 Å². The van der Waals surface area contributed by atoms with E-state index in [2.05, 4.69) is 43.8 Å². The molecule has 1 rings (SSSR count). The molecule has 0 unspecified atom stereocenters.